The van der Waals surface area contributed by atoms with Crippen LogP contribution < -0.4 is 0 Å². The second-order valence-electron chi connectivity index (χ2n) is 6.60. The molecular formula is C22H17N3O4. The zero-order valence-electron chi connectivity index (χ0n) is 15.3. The molecule has 7 nitrogen and oxygen atoms in total. The van der Waals surface area contributed by atoms with Crippen LogP contribution in [-0.4, -0.2) is 25.8 Å². The lowest BCUT2D eigenvalue weighted by Crippen LogP contribution is -2.14. The van der Waals surface area contributed by atoms with Gasteiger partial charge in [0.05, 0.1) is 22.7 Å². The van der Waals surface area contributed by atoms with Gasteiger partial charge >= 0.3 is 0 Å². The predicted molar refractivity (Wildman–Crippen MR) is 110 cm³/mol. The third kappa shape index (κ3) is 3.76. The maximum absolute atomic E-state index is 11.0. The zero-order chi connectivity index (χ0) is 20.4. The van der Waals surface area contributed by atoms with Gasteiger partial charge in [-0.1, -0.05) is 42.5 Å². The first kappa shape index (κ1) is 18.5. The number of hydrogen-bond donors (Lipinski definition) is 2. The van der Waals surface area contributed by atoms with E-state index in [1.54, 1.807) is 18.3 Å². The van der Waals surface area contributed by atoms with Crippen molar-refractivity contribution in [2.45, 2.75) is 12.6 Å². The summed E-state index contributed by atoms with van der Waals surface area (Å²) in [5.41, 5.74) is 1.77. The molecule has 2 N–H and O–H groups in total. The Labute approximate surface area is 166 Å². The van der Waals surface area contributed by atoms with Crippen molar-refractivity contribution in [1.82, 2.24) is 4.98 Å². The number of hydrogen-bond acceptors (Lipinski definition) is 6. The summed E-state index contributed by atoms with van der Waals surface area (Å²) in [7, 11) is 0. The second kappa shape index (κ2) is 7.65. The second-order valence-corrected chi connectivity index (χ2v) is 6.60. The van der Waals surface area contributed by atoms with Gasteiger partial charge in [-0.2, -0.15) is 0 Å². The molecule has 0 bridgehead atoms. The van der Waals surface area contributed by atoms with Gasteiger partial charge in [0.1, 0.15) is 5.76 Å². The van der Waals surface area contributed by atoms with Gasteiger partial charge in [-0.25, -0.2) is 4.99 Å². The molecule has 7 heteroatoms. The van der Waals surface area contributed by atoms with Crippen molar-refractivity contribution >= 4 is 16.5 Å². The van der Waals surface area contributed by atoms with Crippen LogP contribution in [0.5, 0.6) is 0 Å². The number of fused-ring (bicyclic) bond motifs is 1. The van der Waals surface area contributed by atoms with E-state index in [1.807, 2.05) is 42.5 Å². The molecule has 4 rings (SSSR count). The molecule has 2 aromatic carbocycles. The topological polar surface area (TPSA) is 109 Å². The van der Waals surface area contributed by atoms with Gasteiger partial charge in [0.2, 0.25) is 0 Å². The summed E-state index contributed by atoms with van der Waals surface area (Å²) in [5, 5.41) is 33.9. The van der Waals surface area contributed by atoms with Gasteiger partial charge in [0, 0.05) is 23.4 Å². The molecular weight excluding hydrogens is 370 g/mol. The molecule has 0 aliphatic heterocycles. The Morgan fingerprint density at radius 1 is 1.07 bits per heavy atom. The molecule has 0 spiro atoms. The minimum Gasteiger partial charge on any atom is -0.506 e. The highest BCUT2D eigenvalue weighted by atomic mass is 16.6. The molecule has 144 valence electrons. The third-order valence-corrected chi connectivity index (χ3v) is 4.73. The van der Waals surface area contributed by atoms with Gasteiger partial charge in [-0.05, 0) is 29.0 Å². The summed E-state index contributed by atoms with van der Waals surface area (Å²) in [5.74, 6) is -0.203. The summed E-state index contributed by atoms with van der Waals surface area (Å²) in [6, 6.07) is 17.2. The molecule has 29 heavy (non-hydrogen) atoms. The molecule has 0 amide bonds. The number of aliphatic hydroxyl groups excluding tert-OH is 2. The molecule has 1 aliphatic carbocycles. The molecule has 0 radical (unpaired) electrons. The number of nitrogens with zero attached hydrogens (tertiary/aromatic N) is 3. The molecule has 1 unspecified atom stereocenters. The van der Waals surface area contributed by atoms with E-state index in [4.69, 9.17) is 0 Å². The summed E-state index contributed by atoms with van der Waals surface area (Å²) in [4.78, 5) is 19.0. The number of nitro groups is 1. The van der Waals surface area contributed by atoms with Crippen LogP contribution in [0.3, 0.4) is 0 Å². The molecule has 0 saturated carbocycles. The van der Waals surface area contributed by atoms with Gasteiger partial charge in [0.15, 0.2) is 6.23 Å². The van der Waals surface area contributed by atoms with Crippen LogP contribution in [0.15, 0.2) is 89.4 Å². The average molecular weight is 387 g/mol. The Hall–Kier alpha value is -3.84. The summed E-state index contributed by atoms with van der Waals surface area (Å²) in [6.45, 7) is 0. The van der Waals surface area contributed by atoms with E-state index >= 15 is 0 Å². The maximum Gasteiger partial charge on any atom is 0.252 e. The predicted octanol–water partition coefficient (Wildman–Crippen LogP) is 4.34. The van der Waals surface area contributed by atoms with E-state index in [9.17, 15) is 20.3 Å². The van der Waals surface area contributed by atoms with Gasteiger partial charge in [-0.3, -0.25) is 15.1 Å². The van der Waals surface area contributed by atoms with Crippen LogP contribution in [-0.2, 0) is 0 Å². The lowest BCUT2D eigenvalue weighted by molar-refractivity contribution is -0.426. The van der Waals surface area contributed by atoms with Crippen LogP contribution in [0.4, 0.5) is 0 Å². The first-order valence-electron chi connectivity index (χ1n) is 8.96. The Bertz CT molecular complexity index is 1200. The Morgan fingerprint density at radius 3 is 2.66 bits per heavy atom. The fourth-order valence-electron chi connectivity index (χ4n) is 3.25. The van der Waals surface area contributed by atoms with E-state index in [0.717, 1.165) is 16.3 Å². The van der Waals surface area contributed by atoms with Crippen LogP contribution in [0.25, 0.3) is 22.0 Å². The van der Waals surface area contributed by atoms with E-state index in [0.29, 0.717) is 11.3 Å². The number of rotatable bonds is 4. The monoisotopic (exact) mass is 387 g/mol. The molecule has 1 aromatic heterocycles. The van der Waals surface area contributed by atoms with Crippen LogP contribution >= 0.6 is 0 Å². The zero-order valence-corrected chi connectivity index (χ0v) is 15.3. The van der Waals surface area contributed by atoms with Crippen molar-refractivity contribution in [3.8, 4) is 11.3 Å². The number of allylic oxidation sites excluding steroid dienone is 4. The molecule has 0 saturated heterocycles. The minimum absolute atomic E-state index is 0.0556. The van der Waals surface area contributed by atoms with Gasteiger partial charge in [0.25, 0.3) is 5.70 Å². The Morgan fingerprint density at radius 2 is 1.86 bits per heavy atom. The smallest absolute Gasteiger partial charge is 0.252 e. The normalized spacial score (nSPS) is 16.4. The number of aliphatic hydroxyl groups is 2. The highest BCUT2D eigenvalue weighted by molar-refractivity contribution is 6.00. The number of pyridine rings is 1. The van der Waals surface area contributed by atoms with Crippen LogP contribution in [0.1, 0.15) is 18.2 Å². The quantitative estimate of drug-likeness (QED) is 0.511. The summed E-state index contributed by atoms with van der Waals surface area (Å²) in [6.07, 6.45) is 2.56. The van der Waals surface area contributed by atoms with Crippen molar-refractivity contribution in [3.63, 3.8) is 0 Å². The fourth-order valence-corrected chi connectivity index (χ4v) is 3.25. The Balaban J connectivity index is 1.72. The Kier molecular flexibility index (Phi) is 4.88. The van der Waals surface area contributed by atoms with Crippen molar-refractivity contribution in [2.75, 3.05) is 0 Å². The third-order valence-electron chi connectivity index (χ3n) is 4.73. The summed E-state index contributed by atoms with van der Waals surface area (Å²) < 4.78 is 0. The van der Waals surface area contributed by atoms with Crippen molar-refractivity contribution in [3.05, 3.63) is 100 Å². The lowest BCUT2D eigenvalue weighted by Gasteiger charge is -2.15. The maximum atomic E-state index is 11.0. The van der Waals surface area contributed by atoms with Crippen molar-refractivity contribution in [2.24, 2.45) is 4.99 Å². The van der Waals surface area contributed by atoms with Crippen molar-refractivity contribution < 1.29 is 15.1 Å². The molecule has 3 aromatic rings. The number of aliphatic imine (C=N–C) groups is 1. The van der Waals surface area contributed by atoms with E-state index in [2.05, 4.69) is 9.98 Å². The average Bonchev–Trinajstić information content (AvgIpc) is 2.74. The molecule has 1 aliphatic rings. The van der Waals surface area contributed by atoms with E-state index < -0.39 is 11.2 Å². The number of aromatic nitrogens is 1. The highest BCUT2D eigenvalue weighted by Gasteiger charge is 2.23. The van der Waals surface area contributed by atoms with E-state index in [-0.39, 0.29) is 23.6 Å². The van der Waals surface area contributed by atoms with Crippen molar-refractivity contribution in [1.29, 1.82) is 0 Å². The van der Waals surface area contributed by atoms with Gasteiger partial charge in [-0.15, -0.1) is 0 Å². The van der Waals surface area contributed by atoms with E-state index in [1.165, 1.54) is 12.2 Å². The lowest BCUT2D eigenvalue weighted by atomic mass is 10.0. The fraction of sp³-hybridized carbons (Fsp3) is 0.0909. The highest BCUT2D eigenvalue weighted by Crippen LogP contribution is 2.30. The van der Waals surface area contributed by atoms with Crippen LogP contribution in [0.2, 0.25) is 0 Å². The van der Waals surface area contributed by atoms with Crippen LogP contribution in [0, 0.1) is 10.1 Å². The largest absolute Gasteiger partial charge is 0.506 e. The van der Waals surface area contributed by atoms with Gasteiger partial charge < -0.3 is 10.2 Å². The first-order chi connectivity index (χ1) is 14.0. The SMILES string of the molecule is O=[N+]([O-])C1=CC=C(O)C(=NC(O)c2cccnc2-c2ccc3ccccc3c2)C1. The summed E-state index contributed by atoms with van der Waals surface area (Å²) >= 11 is 0. The standard InChI is InChI=1S/C22H17N3O4/c26-20-10-9-17(25(28)29)13-19(20)24-22(27)18-6-3-11-23-21(18)16-8-7-14-4-1-2-5-15(14)12-16/h1-12,22,26-27H,13H2. The first-order valence-corrected chi connectivity index (χ1v) is 8.96. The molecule has 1 heterocycles. The minimum atomic E-state index is -1.33. The molecule has 1 atom stereocenters. The molecule has 0 fully saturated rings. The number of benzene rings is 2.